The SMILES string of the molecule is CC(C)Oc1ccc(F)cc1NC(=O)C[C@@H]1CCC[C@H]1N. The Morgan fingerprint density at radius 2 is 2.24 bits per heavy atom. The van der Waals surface area contributed by atoms with Gasteiger partial charge in [0.25, 0.3) is 0 Å². The molecule has 0 aliphatic heterocycles. The third kappa shape index (κ3) is 4.43. The van der Waals surface area contributed by atoms with Crippen LogP contribution in [0.4, 0.5) is 10.1 Å². The number of nitrogens with two attached hydrogens (primary N) is 1. The number of nitrogens with one attached hydrogen (secondary N) is 1. The van der Waals surface area contributed by atoms with E-state index in [1.807, 2.05) is 13.8 Å². The van der Waals surface area contributed by atoms with Crippen molar-refractivity contribution < 1.29 is 13.9 Å². The lowest BCUT2D eigenvalue weighted by molar-refractivity contribution is -0.117. The normalized spacial score (nSPS) is 21.6. The monoisotopic (exact) mass is 294 g/mol. The van der Waals surface area contributed by atoms with Gasteiger partial charge < -0.3 is 15.8 Å². The third-order valence-corrected chi connectivity index (χ3v) is 3.74. The molecule has 0 aromatic heterocycles. The number of hydrogen-bond acceptors (Lipinski definition) is 3. The second kappa shape index (κ2) is 6.89. The highest BCUT2D eigenvalue weighted by atomic mass is 19.1. The molecule has 1 aliphatic carbocycles. The summed E-state index contributed by atoms with van der Waals surface area (Å²) in [6, 6.07) is 4.23. The minimum Gasteiger partial charge on any atom is -0.489 e. The molecule has 1 aromatic carbocycles. The molecule has 2 atom stereocenters. The van der Waals surface area contributed by atoms with Gasteiger partial charge in [0.2, 0.25) is 5.91 Å². The molecule has 5 heteroatoms. The molecule has 2 rings (SSSR count). The van der Waals surface area contributed by atoms with Crippen LogP contribution in [-0.2, 0) is 4.79 Å². The van der Waals surface area contributed by atoms with Gasteiger partial charge >= 0.3 is 0 Å². The van der Waals surface area contributed by atoms with E-state index in [0.717, 1.165) is 19.3 Å². The molecule has 1 fully saturated rings. The second-order valence-electron chi connectivity index (χ2n) is 5.91. The summed E-state index contributed by atoms with van der Waals surface area (Å²) in [6.45, 7) is 3.76. The van der Waals surface area contributed by atoms with Crippen molar-refractivity contribution in [1.29, 1.82) is 0 Å². The average molecular weight is 294 g/mol. The van der Waals surface area contributed by atoms with Gasteiger partial charge in [0, 0.05) is 18.5 Å². The zero-order valence-electron chi connectivity index (χ0n) is 12.6. The molecule has 1 aliphatic rings. The van der Waals surface area contributed by atoms with E-state index in [4.69, 9.17) is 10.5 Å². The lowest BCUT2D eigenvalue weighted by Crippen LogP contribution is -2.28. The van der Waals surface area contributed by atoms with Gasteiger partial charge in [-0.3, -0.25) is 4.79 Å². The summed E-state index contributed by atoms with van der Waals surface area (Å²) < 4.78 is 19.0. The highest BCUT2D eigenvalue weighted by Crippen LogP contribution is 2.29. The van der Waals surface area contributed by atoms with E-state index in [1.165, 1.54) is 18.2 Å². The van der Waals surface area contributed by atoms with Gasteiger partial charge in [0.15, 0.2) is 0 Å². The molecule has 0 heterocycles. The molecule has 3 N–H and O–H groups in total. The van der Waals surface area contributed by atoms with Gasteiger partial charge in [0.05, 0.1) is 11.8 Å². The van der Waals surface area contributed by atoms with Crippen LogP contribution >= 0.6 is 0 Å². The minimum absolute atomic E-state index is 0.0469. The minimum atomic E-state index is -0.404. The van der Waals surface area contributed by atoms with E-state index < -0.39 is 5.82 Å². The smallest absolute Gasteiger partial charge is 0.224 e. The van der Waals surface area contributed by atoms with Crippen LogP contribution in [0.5, 0.6) is 5.75 Å². The average Bonchev–Trinajstić information content (AvgIpc) is 2.78. The van der Waals surface area contributed by atoms with Gasteiger partial charge in [-0.15, -0.1) is 0 Å². The molecule has 0 saturated heterocycles. The maximum atomic E-state index is 13.4. The van der Waals surface area contributed by atoms with Crippen LogP contribution in [0.15, 0.2) is 18.2 Å². The second-order valence-corrected chi connectivity index (χ2v) is 5.91. The van der Waals surface area contributed by atoms with Gasteiger partial charge in [-0.05, 0) is 44.7 Å². The lowest BCUT2D eigenvalue weighted by atomic mass is 10.00. The van der Waals surface area contributed by atoms with Crippen LogP contribution in [0, 0.1) is 11.7 Å². The summed E-state index contributed by atoms with van der Waals surface area (Å²) in [4.78, 5) is 12.1. The molecule has 1 saturated carbocycles. The topological polar surface area (TPSA) is 64.3 Å². The van der Waals surface area contributed by atoms with Crippen LogP contribution in [-0.4, -0.2) is 18.1 Å². The molecular formula is C16H23FN2O2. The van der Waals surface area contributed by atoms with Crippen LogP contribution in [0.3, 0.4) is 0 Å². The van der Waals surface area contributed by atoms with Crippen molar-refractivity contribution in [2.24, 2.45) is 11.7 Å². The van der Waals surface area contributed by atoms with E-state index in [0.29, 0.717) is 17.9 Å². The van der Waals surface area contributed by atoms with Crippen molar-refractivity contribution in [1.82, 2.24) is 0 Å². The van der Waals surface area contributed by atoms with Crippen LogP contribution in [0.1, 0.15) is 39.5 Å². The summed E-state index contributed by atoms with van der Waals surface area (Å²) in [6.07, 6.45) is 3.35. The third-order valence-electron chi connectivity index (χ3n) is 3.74. The summed E-state index contributed by atoms with van der Waals surface area (Å²) in [7, 11) is 0. The summed E-state index contributed by atoms with van der Waals surface area (Å²) in [5, 5.41) is 2.74. The first-order chi connectivity index (χ1) is 9.95. The Kier molecular flexibility index (Phi) is 5.17. The number of carbonyl (C=O) groups is 1. The number of ether oxygens (including phenoxy) is 1. The standard InChI is InChI=1S/C16H23FN2O2/c1-10(2)21-15-7-6-12(17)9-14(15)19-16(20)8-11-4-3-5-13(11)18/h6-7,9-11,13H,3-5,8,18H2,1-2H3,(H,19,20)/t11-,13+/m0/s1. The van der Waals surface area contributed by atoms with Crippen molar-refractivity contribution >= 4 is 11.6 Å². The molecule has 21 heavy (non-hydrogen) atoms. The Balaban J connectivity index is 2.03. The van der Waals surface area contributed by atoms with E-state index in [2.05, 4.69) is 5.32 Å². The van der Waals surface area contributed by atoms with Crippen molar-refractivity contribution in [2.75, 3.05) is 5.32 Å². The zero-order valence-corrected chi connectivity index (χ0v) is 12.6. The Bertz CT molecular complexity index is 505. The van der Waals surface area contributed by atoms with Gasteiger partial charge in [-0.2, -0.15) is 0 Å². The number of anilines is 1. The molecule has 0 radical (unpaired) electrons. The van der Waals surface area contributed by atoms with Gasteiger partial charge in [-0.1, -0.05) is 6.42 Å². The number of hydrogen-bond donors (Lipinski definition) is 2. The Hall–Kier alpha value is -1.62. The molecule has 0 spiro atoms. The number of halogens is 1. The number of amides is 1. The molecule has 1 aromatic rings. The van der Waals surface area contributed by atoms with Crippen LogP contribution in [0.2, 0.25) is 0 Å². The number of carbonyl (C=O) groups excluding carboxylic acids is 1. The summed E-state index contributed by atoms with van der Waals surface area (Å²) in [5.41, 5.74) is 6.35. The number of benzene rings is 1. The fraction of sp³-hybridized carbons (Fsp3) is 0.562. The van der Waals surface area contributed by atoms with Crippen molar-refractivity contribution in [2.45, 2.75) is 51.7 Å². The highest BCUT2D eigenvalue weighted by molar-refractivity contribution is 5.92. The first kappa shape index (κ1) is 15.8. The predicted octanol–water partition coefficient (Wildman–Crippen LogP) is 3.07. The first-order valence-electron chi connectivity index (χ1n) is 7.47. The Morgan fingerprint density at radius 1 is 1.48 bits per heavy atom. The van der Waals surface area contributed by atoms with Crippen LogP contribution < -0.4 is 15.8 Å². The molecule has 116 valence electrons. The van der Waals surface area contributed by atoms with E-state index in [1.54, 1.807) is 0 Å². The van der Waals surface area contributed by atoms with E-state index in [9.17, 15) is 9.18 Å². The maximum Gasteiger partial charge on any atom is 0.224 e. The molecular weight excluding hydrogens is 271 g/mol. The fourth-order valence-corrected chi connectivity index (χ4v) is 2.71. The highest BCUT2D eigenvalue weighted by Gasteiger charge is 2.26. The fourth-order valence-electron chi connectivity index (χ4n) is 2.71. The molecule has 1 amide bonds. The summed E-state index contributed by atoms with van der Waals surface area (Å²) >= 11 is 0. The maximum absolute atomic E-state index is 13.4. The quantitative estimate of drug-likeness (QED) is 0.877. The Labute approximate surface area is 124 Å². The van der Waals surface area contributed by atoms with Crippen LogP contribution in [0.25, 0.3) is 0 Å². The van der Waals surface area contributed by atoms with Crippen molar-refractivity contribution in [3.63, 3.8) is 0 Å². The summed E-state index contributed by atoms with van der Waals surface area (Å²) in [5.74, 6) is 0.152. The van der Waals surface area contributed by atoms with E-state index >= 15 is 0 Å². The largest absolute Gasteiger partial charge is 0.489 e. The molecule has 4 nitrogen and oxygen atoms in total. The Morgan fingerprint density at radius 3 is 2.86 bits per heavy atom. The van der Waals surface area contributed by atoms with Crippen molar-refractivity contribution in [3.8, 4) is 5.75 Å². The van der Waals surface area contributed by atoms with E-state index in [-0.39, 0.29) is 24.0 Å². The van der Waals surface area contributed by atoms with Gasteiger partial charge in [-0.25, -0.2) is 4.39 Å². The predicted molar refractivity (Wildman–Crippen MR) is 80.7 cm³/mol. The van der Waals surface area contributed by atoms with Gasteiger partial charge in [0.1, 0.15) is 11.6 Å². The molecule has 0 unspecified atom stereocenters. The van der Waals surface area contributed by atoms with Crippen molar-refractivity contribution in [3.05, 3.63) is 24.0 Å². The first-order valence-corrected chi connectivity index (χ1v) is 7.47. The molecule has 0 bridgehead atoms. The lowest BCUT2D eigenvalue weighted by Gasteiger charge is -2.17. The number of rotatable bonds is 5. The zero-order chi connectivity index (χ0) is 15.4.